The van der Waals surface area contributed by atoms with Crippen molar-refractivity contribution < 1.29 is 19.2 Å². The fraction of sp³-hybridized carbons (Fsp3) is 0.250. The second-order valence-electron chi connectivity index (χ2n) is 7.93. The Morgan fingerprint density at radius 3 is 2.62 bits per heavy atom. The fourth-order valence-electron chi connectivity index (χ4n) is 4.13. The summed E-state index contributed by atoms with van der Waals surface area (Å²) in [5, 5.41) is 16.9. The van der Waals surface area contributed by atoms with Gasteiger partial charge in [0.25, 0.3) is 11.8 Å². The average molecular weight is 452 g/mol. The van der Waals surface area contributed by atoms with E-state index in [2.05, 4.69) is 27.5 Å². The molecule has 2 aromatic carbocycles. The first-order chi connectivity index (χ1) is 15.5. The molecular formula is C24H22ClN3O4. The zero-order chi connectivity index (χ0) is 22.2. The predicted molar refractivity (Wildman–Crippen MR) is 124 cm³/mol. The molecule has 2 aliphatic heterocycles. The number of fused-ring (bicyclic) bond motifs is 1. The lowest BCUT2D eigenvalue weighted by molar-refractivity contribution is -0.110. The van der Waals surface area contributed by atoms with E-state index < -0.39 is 0 Å². The van der Waals surface area contributed by atoms with Crippen LogP contribution in [0.5, 0.6) is 5.88 Å². The van der Waals surface area contributed by atoms with Crippen molar-refractivity contribution in [1.82, 2.24) is 5.16 Å². The first-order valence-electron chi connectivity index (χ1n) is 10.4. The minimum absolute atomic E-state index is 0.202. The zero-order valence-corrected chi connectivity index (χ0v) is 18.2. The Kier molecular flexibility index (Phi) is 5.36. The average Bonchev–Trinajstić information content (AvgIpc) is 3.38. The van der Waals surface area contributed by atoms with Gasteiger partial charge < -0.3 is 24.6 Å². The molecule has 3 heterocycles. The maximum absolute atomic E-state index is 12.6. The molecule has 3 aromatic rings. The molecule has 0 spiro atoms. The van der Waals surface area contributed by atoms with Crippen LogP contribution in [0.25, 0.3) is 22.8 Å². The van der Waals surface area contributed by atoms with Crippen LogP contribution < -0.4 is 15.0 Å². The maximum atomic E-state index is 12.6. The Hall–Kier alpha value is -3.29. The van der Waals surface area contributed by atoms with Crippen LogP contribution in [-0.4, -0.2) is 42.5 Å². The van der Waals surface area contributed by atoms with Gasteiger partial charge in [-0.05, 0) is 53.9 Å². The summed E-state index contributed by atoms with van der Waals surface area (Å²) in [6.07, 6.45) is 3.01. The van der Waals surface area contributed by atoms with Crippen LogP contribution in [0.3, 0.4) is 0 Å². The molecule has 32 heavy (non-hydrogen) atoms. The molecule has 8 heteroatoms. The van der Waals surface area contributed by atoms with Crippen LogP contribution >= 0.6 is 11.6 Å². The molecule has 1 fully saturated rings. The van der Waals surface area contributed by atoms with E-state index in [0.717, 1.165) is 48.3 Å². The highest BCUT2D eigenvalue weighted by atomic mass is 35.5. The number of carbonyl (C=O) groups is 1. The number of hydrogen-bond acceptors (Lipinski definition) is 6. The van der Waals surface area contributed by atoms with Crippen molar-refractivity contribution in [3.8, 4) is 17.0 Å². The van der Waals surface area contributed by atoms with Gasteiger partial charge in [-0.3, -0.25) is 4.79 Å². The van der Waals surface area contributed by atoms with E-state index in [-0.39, 0.29) is 12.0 Å². The Labute approximate surface area is 190 Å². The summed E-state index contributed by atoms with van der Waals surface area (Å²) in [4.78, 5) is 14.8. The number of benzene rings is 2. The molecule has 5 rings (SSSR count). The third-order valence-corrected chi connectivity index (χ3v) is 6.21. The molecule has 0 atom stereocenters. The summed E-state index contributed by atoms with van der Waals surface area (Å²) < 4.78 is 10.3. The number of rotatable bonds is 4. The molecule has 1 aromatic heterocycles. The van der Waals surface area contributed by atoms with Crippen molar-refractivity contribution >= 4 is 40.5 Å². The van der Waals surface area contributed by atoms with Gasteiger partial charge in [-0.2, -0.15) is 0 Å². The van der Waals surface area contributed by atoms with Gasteiger partial charge in [0.1, 0.15) is 0 Å². The fourth-order valence-corrected chi connectivity index (χ4v) is 4.40. The molecule has 1 saturated heterocycles. The van der Waals surface area contributed by atoms with E-state index in [1.165, 1.54) is 7.11 Å². The minimum Gasteiger partial charge on any atom is -0.479 e. The summed E-state index contributed by atoms with van der Waals surface area (Å²) in [5.74, 6) is 0.536. The second kappa shape index (κ2) is 8.33. The standard InChI is InChI=1S/C24H22ClN3O4/c1-31-23-11-17(32-27-23)10-20-19-12-18(21(25)13-22(19)26-24(20)30)14-2-4-15(5-3-14)28-8-6-16(29)7-9-28/h2-5,10-13,16,29H,6-9H2,1H3,(H,26,30)/b20-10-. The van der Waals surface area contributed by atoms with E-state index in [0.29, 0.717) is 27.9 Å². The smallest absolute Gasteiger partial charge is 0.256 e. The number of ether oxygens (including phenoxy) is 1. The number of carbonyl (C=O) groups excluding carboxylic acids is 1. The highest BCUT2D eigenvalue weighted by molar-refractivity contribution is 6.38. The summed E-state index contributed by atoms with van der Waals surface area (Å²) in [5.41, 5.74) is 4.79. The van der Waals surface area contributed by atoms with Gasteiger partial charge in [0.05, 0.1) is 29.5 Å². The second-order valence-corrected chi connectivity index (χ2v) is 8.33. The van der Waals surface area contributed by atoms with Gasteiger partial charge in [-0.25, -0.2) is 0 Å². The van der Waals surface area contributed by atoms with Gasteiger partial charge in [0, 0.05) is 36.0 Å². The summed E-state index contributed by atoms with van der Waals surface area (Å²) in [6, 6.07) is 13.5. The molecule has 2 aliphatic rings. The third kappa shape index (κ3) is 3.85. The molecule has 0 saturated carbocycles. The first-order valence-corrected chi connectivity index (χ1v) is 10.8. The SMILES string of the molecule is COc1cc(/C=C2\C(=O)Nc3cc(Cl)c(-c4ccc(N5CCC(O)CC5)cc4)cc32)on1. The van der Waals surface area contributed by atoms with Gasteiger partial charge >= 0.3 is 0 Å². The van der Waals surface area contributed by atoms with Crippen molar-refractivity contribution in [2.45, 2.75) is 18.9 Å². The van der Waals surface area contributed by atoms with Gasteiger partial charge in [0.2, 0.25) is 0 Å². The van der Waals surface area contributed by atoms with Crippen LogP contribution in [-0.2, 0) is 4.79 Å². The Morgan fingerprint density at radius 2 is 1.94 bits per heavy atom. The zero-order valence-electron chi connectivity index (χ0n) is 17.5. The topological polar surface area (TPSA) is 87.8 Å². The van der Waals surface area contributed by atoms with Crippen molar-refractivity contribution in [3.05, 3.63) is 58.8 Å². The molecule has 0 unspecified atom stereocenters. The molecule has 164 valence electrons. The number of hydrogen-bond donors (Lipinski definition) is 2. The number of methoxy groups -OCH3 is 1. The molecule has 2 N–H and O–H groups in total. The number of aliphatic hydroxyl groups excluding tert-OH is 1. The predicted octanol–water partition coefficient (Wildman–Crippen LogP) is 4.46. The van der Waals surface area contributed by atoms with Crippen molar-refractivity contribution in [1.29, 1.82) is 0 Å². The summed E-state index contributed by atoms with van der Waals surface area (Å²) in [7, 11) is 1.50. The maximum Gasteiger partial charge on any atom is 0.256 e. The van der Waals surface area contributed by atoms with Crippen LogP contribution in [0.15, 0.2) is 47.0 Å². The number of nitrogens with zero attached hydrogens (tertiary/aromatic N) is 2. The van der Waals surface area contributed by atoms with Crippen LogP contribution in [0.4, 0.5) is 11.4 Å². The van der Waals surface area contributed by atoms with Crippen LogP contribution in [0.1, 0.15) is 24.2 Å². The summed E-state index contributed by atoms with van der Waals surface area (Å²) >= 11 is 6.57. The van der Waals surface area contributed by atoms with E-state index in [4.69, 9.17) is 20.9 Å². The molecule has 1 amide bonds. The van der Waals surface area contributed by atoms with Crippen molar-refractivity contribution in [3.63, 3.8) is 0 Å². The van der Waals surface area contributed by atoms with Gasteiger partial charge in [-0.15, -0.1) is 0 Å². The van der Waals surface area contributed by atoms with Crippen LogP contribution in [0.2, 0.25) is 5.02 Å². The monoisotopic (exact) mass is 451 g/mol. The third-order valence-electron chi connectivity index (χ3n) is 5.90. The molecule has 0 aliphatic carbocycles. The van der Waals surface area contributed by atoms with E-state index in [1.54, 1.807) is 18.2 Å². The largest absolute Gasteiger partial charge is 0.479 e. The quantitative estimate of drug-likeness (QED) is 0.569. The molecule has 0 radical (unpaired) electrons. The number of nitrogens with one attached hydrogen (secondary N) is 1. The van der Waals surface area contributed by atoms with Crippen molar-refractivity contribution in [2.24, 2.45) is 0 Å². The van der Waals surface area contributed by atoms with Crippen molar-refractivity contribution in [2.75, 3.05) is 30.4 Å². The highest BCUT2D eigenvalue weighted by Gasteiger charge is 2.27. The number of amides is 1. The molecule has 7 nitrogen and oxygen atoms in total. The first kappa shape index (κ1) is 20.6. The van der Waals surface area contributed by atoms with E-state index in [1.807, 2.05) is 18.2 Å². The van der Waals surface area contributed by atoms with Crippen LogP contribution in [0, 0.1) is 0 Å². The lowest BCUT2D eigenvalue weighted by atomic mass is 9.98. The van der Waals surface area contributed by atoms with E-state index >= 15 is 0 Å². The number of aromatic nitrogens is 1. The Morgan fingerprint density at radius 1 is 1.19 bits per heavy atom. The van der Waals surface area contributed by atoms with E-state index in [9.17, 15) is 9.90 Å². The minimum atomic E-state index is -0.230. The molecular weight excluding hydrogens is 430 g/mol. The molecule has 0 bridgehead atoms. The number of anilines is 2. The number of piperidine rings is 1. The number of aliphatic hydroxyl groups is 1. The Bertz CT molecular complexity index is 1190. The van der Waals surface area contributed by atoms with Gasteiger partial charge in [0.15, 0.2) is 5.76 Å². The highest BCUT2D eigenvalue weighted by Crippen LogP contribution is 2.41. The number of halogens is 1. The normalized spacial score (nSPS) is 17.5. The lowest BCUT2D eigenvalue weighted by Crippen LogP contribution is -2.35. The summed E-state index contributed by atoms with van der Waals surface area (Å²) in [6.45, 7) is 1.68. The van der Waals surface area contributed by atoms with Gasteiger partial charge in [-0.1, -0.05) is 23.7 Å². The Balaban J connectivity index is 1.46. The lowest BCUT2D eigenvalue weighted by Gasteiger charge is -2.31.